The van der Waals surface area contributed by atoms with Crippen LogP contribution in [0.1, 0.15) is 23.4 Å². The van der Waals surface area contributed by atoms with Gasteiger partial charge < -0.3 is 14.8 Å². The van der Waals surface area contributed by atoms with Gasteiger partial charge in [0.05, 0.1) is 0 Å². The maximum atomic E-state index is 3.50. The van der Waals surface area contributed by atoms with Crippen LogP contribution in [-0.4, -0.2) is 36.7 Å². The topological polar surface area (TPSA) is 20.2 Å². The van der Waals surface area contributed by atoms with Gasteiger partial charge in [0.1, 0.15) is 0 Å². The van der Waals surface area contributed by atoms with Gasteiger partial charge in [0.15, 0.2) is 0 Å². The van der Waals surface area contributed by atoms with Gasteiger partial charge in [-0.15, -0.1) is 0 Å². The van der Waals surface area contributed by atoms with Gasteiger partial charge >= 0.3 is 0 Å². The number of nitrogens with zero attached hydrogens (tertiary/aromatic N) is 2. The van der Waals surface area contributed by atoms with Crippen LogP contribution in [0.2, 0.25) is 0 Å². The van der Waals surface area contributed by atoms with Gasteiger partial charge in [-0.05, 0) is 59.1 Å². The van der Waals surface area contributed by atoms with E-state index in [0.717, 1.165) is 19.6 Å². The largest absolute Gasteiger partial charge is 0.352 e. The molecule has 1 aromatic rings. The molecule has 1 aromatic heterocycles. The molecule has 0 aliphatic carbocycles. The van der Waals surface area contributed by atoms with E-state index in [1.807, 2.05) is 0 Å². The van der Waals surface area contributed by atoms with Crippen molar-refractivity contribution in [3.63, 3.8) is 0 Å². The Morgan fingerprint density at radius 1 is 1.31 bits per heavy atom. The normalized spacial score (nSPS) is 11.4. The van der Waals surface area contributed by atoms with Crippen LogP contribution < -0.4 is 5.32 Å². The summed E-state index contributed by atoms with van der Waals surface area (Å²) in [5.74, 6) is 0. The summed E-state index contributed by atoms with van der Waals surface area (Å²) in [6.45, 7) is 7.57. The van der Waals surface area contributed by atoms with Crippen molar-refractivity contribution in [2.75, 3.05) is 27.2 Å². The molecule has 0 aliphatic rings. The van der Waals surface area contributed by atoms with Crippen molar-refractivity contribution in [2.24, 2.45) is 7.05 Å². The minimum absolute atomic E-state index is 0.987. The zero-order valence-electron chi connectivity index (χ0n) is 11.3. The van der Waals surface area contributed by atoms with E-state index >= 15 is 0 Å². The molecule has 0 fully saturated rings. The minimum Gasteiger partial charge on any atom is -0.352 e. The molecule has 1 rings (SSSR count). The van der Waals surface area contributed by atoms with Crippen LogP contribution in [0.25, 0.3) is 0 Å². The van der Waals surface area contributed by atoms with E-state index in [1.165, 1.54) is 23.4 Å². The molecular weight excluding hydrogens is 198 g/mol. The molecule has 1 heterocycles. The second kappa shape index (κ2) is 6.06. The number of hydrogen-bond donors (Lipinski definition) is 1. The molecule has 0 unspecified atom stereocenters. The fourth-order valence-corrected chi connectivity index (χ4v) is 1.86. The Morgan fingerprint density at radius 2 is 2.00 bits per heavy atom. The maximum Gasteiger partial charge on any atom is 0.0223 e. The highest BCUT2D eigenvalue weighted by Crippen LogP contribution is 2.12. The van der Waals surface area contributed by atoms with Gasteiger partial charge in [0.2, 0.25) is 0 Å². The van der Waals surface area contributed by atoms with Gasteiger partial charge in [-0.25, -0.2) is 0 Å². The molecule has 0 aliphatic heterocycles. The van der Waals surface area contributed by atoms with Gasteiger partial charge in [0.25, 0.3) is 0 Å². The van der Waals surface area contributed by atoms with Crippen LogP contribution in [0, 0.1) is 13.8 Å². The van der Waals surface area contributed by atoms with Crippen molar-refractivity contribution >= 4 is 0 Å². The average Bonchev–Trinajstić information content (AvgIpc) is 2.45. The molecule has 3 heteroatoms. The zero-order chi connectivity index (χ0) is 12.1. The summed E-state index contributed by atoms with van der Waals surface area (Å²) in [5, 5.41) is 3.50. The Hall–Kier alpha value is -0.800. The fourth-order valence-electron chi connectivity index (χ4n) is 1.86. The Bertz CT molecular complexity index is 326. The van der Waals surface area contributed by atoms with Crippen LogP contribution in [0.4, 0.5) is 0 Å². The second-order valence-electron chi connectivity index (χ2n) is 4.79. The van der Waals surface area contributed by atoms with Gasteiger partial charge in [-0.2, -0.15) is 0 Å². The van der Waals surface area contributed by atoms with Crippen molar-refractivity contribution in [1.29, 1.82) is 0 Å². The molecule has 3 nitrogen and oxygen atoms in total. The van der Waals surface area contributed by atoms with E-state index in [9.17, 15) is 0 Å². The number of rotatable bonds is 6. The van der Waals surface area contributed by atoms with Crippen molar-refractivity contribution in [3.8, 4) is 0 Å². The average molecular weight is 223 g/mol. The van der Waals surface area contributed by atoms with Gasteiger partial charge in [-0.3, -0.25) is 0 Å². The lowest BCUT2D eigenvalue weighted by Crippen LogP contribution is -2.21. The molecule has 0 aromatic carbocycles. The summed E-state index contributed by atoms with van der Waals surface area (Å²) < 4.78 is 2.25. The van der Waals surface area contributed by atoms with Crippen LogP contribution in [-0.2, 0) is 13.6 Å². The first-order chi connectivity index (χ1) is 7.52. The molecular formula is C13H25N3. The summed E-state index contributed by atoms with van der Waals surface area (Å²) >= 11 is 0. The Morgan fingerprint density at radius 3 is 2.50 bits per heavy atom. The maximum absolute atomic E-state index is 3.50. The quantitative estimate of drug-likeness (QED) is 0.741. The van der Waals surface area contributed by atoms with Crippen molar-refractivity contribution in [1.82, 2.24) is 14.8 Å². The highest BCUT2D eigenvalue weighted by molar-refractivity contribution is 5.26. The lowest BCUT2D eigenvalue weighted by Gasteiger charge is -2.09. The lowest BCUT2D eigenvalue weighted by molar-refractivity contribution is 0.394. The molecule has 0 amide bonds. The molecule has 0 atom stereocenters. The monoisotopic (exact) mass is 223 g/mol. The van der Waals surface area contributed by atoms with E-state index in [4.69, 9.17) is 0 Å². The molecule has 0 radical (unpaired) electrons. The molecule has 0 saturated heterocycles. The number of nitrogens with one attached hydrogen (secondary N) is 1. The Labute approximate surface area is 99.4 Å². The molecule has 16 heavy (non-hydrogen) atoms. The third kappa shape index (κ3) is 3.65. The van der Waals surface area contributed by atoms with E-state index < -0.39 is 0 Å². The predicted octanol–water partition coefficient (Wildman–Crippen LogP) is 1.68. The third-order valence-electron chi connectivity index (χ3n) is 3.15. The second-order valence-corrected chi connectivity index (χ2v) is 4.79. The fraction of sp³-hybridized carbons (Fsp3) is 0.692. The summed E-state index contributed by atoms with van der Waals surface area (Å²) in [5.41, 5.74) is 4.13. The highest BCUT2D eigenvalue weighted by atomic mass is 15.1. The summed E-state index contributed by atoms with van der Waals surface area (Å²) in [7, 11) is 6.36. The molecule has 1 N–H and O–H groups in total. The van der Waals surface area contributed by atoms with Crippen LogP contribution >= 0.6 is 0 Å². The first-order valence-corrected chi connectivity index (χ1v) is 5.99. The van der Waals surface area contributed by atoms with Crippen LogP contribution in [0.15, 0.2) is 6.07 Å². The molecule has 0 bridgehead atoms. The SMILES string of the molecule is Cc1cc(CNCCCN(C)C)c(C)n1C. The van der Waals surface area contributed by atoms with Gasteiger partial charge in [-0.1, -0.05) is 0 Å². The third-order valence-corrected chi connectivity index (χ3v) is 3.15. The zero-order valence-corrected chi connectivity index (χ0v) is 11.3. The number of aryl methyl sites for hydroxylation is 1. The van der Waals surface area contributed by atoms with E-state index in [-0.39, 0.29) is 0 Å². The smallest absolute Gasteiger partial charge is 0.0223 e. The van der Waals surface area contributed by atoms with Crippen LogP contribution in [0.3, 0.4) is 0 Å². The van der Waals surface area contributed by atoms with E-state index in [2.05, 4.69) is 55.8 Å². The molecule has 92 valence electrons. The van der Waals surface area contributed by atoms with E-state index in [1.54, 1.807) is 0 Å². The first kappa shape index (κ1) is 13.3. The van der Waals surface area contributed by atoms with Gasteiger partial charge in [0, 0.05) is 25.0 Å². The summed E-state index contributed by atoms with van der Waals surface area (Å²) in [4.78, 5) is 2.22. The van der Waals surface area contributed by atoms with Crippen molar-refractivity contribution in [2.45, 2.75) is 26.8 Å². The Balaban J connectivity index is 2.29. The first-order valence-electron chi connectivity index (χ1n) is 5.99. The minimum atomic E-state index is 0.987. The lowest BCUT2D eigenvalue weighted by atomic mass is 10.2. The predicted molar refractivity (Wildman–Crippen MR) is 69.8 cm³/mol. The van der Waals surface area contributed by atoms with Crippen molar-refractivity contribution < 1.29 is 0 Å². The standard InChI is InChI=1S/C13H25N3/c1-11-9-13(12(2)16(11)5)10-14-7-6-8-15(3)4/h9,14H,6-8,10H2,1-5H3. The number of aromatic nitrogens is 1. The number of hydrogen-bond acceptors (Lipinski definition) is 2. The summed E-state index contributed by atoms with van der Waals surface area (Å²) in [6.07, 6.45) is 1.21. The Kier molecular flexibility index (Phi) is 5.03. The highest BCUT2D eigenvalue weighted by Gasteiger charge is 2.04. The molecule has 0 saturated carbocycles. The van der Waals surface area contributed by atoms with E-state index in [0.29, 0.717) is 0 Å². The van der Waals surface area contributed by atoms with Crippen LogP contribution in [0.5, 0.6) is 0 Å². The van der Waals surface area contributed by atoms with Crippen molar-refractivity contribution in [3.05, 3.63) is 23.0 Å². The molecule has 0 spiro atoms. The summed E-state index contributed by atoms with van der Waals surface area (Å²) in [6, 6.07) is 2.27.